The molecule has 2 N–H and O–H groups in total. The molecule has 1 aromatic heterocycles. The van der Waals surface area contributed by atoms with Crippen LogP contribution in [0.1, 0.15) is 18.5 Å². The first-order valence-electron chi connectivity index (χ1n) is 9.66. The van der Waals surface area contributed by atoms with Crippen molar-refractivity contribution in [3.8, 4) is 0 Å². The van der Waals surface area contributed by atoms with Gasteiger partial charge in [-0.1, -0.05) is 35.3 Å². The summed E-state index contributed by atoms with van der Waals surface area (Å²) in [6, 6.07) is 5.87. The van der Waals surface area contributed by atoms with Gasteiger partial charge in [0, 0.05) is 48.5 Å². The minimum absolute atomic E-state index is 0.130. The van der Waals surface area contributed by atoms with Crippen LogP contribution in [-0.4, -0.2) is 56.5 Å². The normalized spacial score (nSPS) is 19.5. The molecule has 7 nitrogen and oxygen atoms in total. The van der Waals surface area contributed by atoms with Gasteiger partial charge in [0.15, 0.2) is 0 Å². The predicted molar refractivity (Wildman–Crippen MR) is 121 cm³/mol. The number of carboxylic acid groups (broad SMARTS) is 1. The van der Waals surface area contributed by atoms with Crippen molar-refractivity contribution < 1.29 is 9.90 Å². The first kappa shape index (κ1) is 21.4. The van der Waals surface area contributed by atoms with Crippen LogP contribution in [0.3, 0.4) is 0 Å². The summed E-state index contributed by atoms with van der Waals surface area (Å²) in [5.74, 6) is 1.62. The van der Waals surface area contributed by atoms with Gasteiger partial charge < -0.3 is 10.4 Å². The maximum absolute atomic E-state index is 12.8. The molecule has 0 spiro atoms. The molecule has 0 amide bonds. The van der Waals surface area contributed by atoms with Crippen molar-refractivity contribution in [1.82, 2.24) is 14.3 Å². The van der Waals surface area contributed by atoms with E-state index in [1.807, 2.05) is 11.8 Å². The maximum Gasteiger partial charge on any atom is 0.335 e. The number of nitrogens with zero attached hydrogens (tertiary/aromatic N) is 3. The van der Waals surface area contributed by atoms with E-state index in [1.54, 1.807) is 34.5 Å². The number of hydrogen-bond acceptors (Lipinski definition) is 5. The zero-order valence-corrected chi connectivity index (χ0v) is 18.7. The average Bonchev–Trinajstić information content (AvgIpc) is 3.02. The zero-order valence-electron chi connectivity index (χ0n) is 16.4. The summed E-state index contributed by atoms with van der Waals surface area (Å²) >= 11 is 14.7. The number of thioether (sulfide) groups is 1. The van der Waals surface area contributed by atoms with Crippen molar-refractivity contribution in [2.45, 2.75) is 19.5 Å². The third-order valence-electron chi connectivity index (χ3n) is 5.50. The average molecular weight is 469 g/mol. The fraction of sp³-hybridized carbons (Fsp3) is 0.400. The number of nitrogens with one attached hydrogen (secondary N) is 1. The number of allylic oxidation sites excluding steroid dienone is 1. The van der Waals surface area contributed by atoms with Gasteiger partial charge in [0.25, 0.3) is 5.56 Å². The highest BCUT2D eigenvalue weighted by Gasteiger charge is 2.36. The summed E-state index contributed by atoms with van der Waals surface area (Å²) in [5.41, 5.74) is 0.952. The van der Waals surface area contributed by atoms with Crippen LogP contribution in [0.5, 0.6) is 0 Å². The van der Waals surface area contributed by atoms with E-state index < -0.39 is 12.0 Å². The molecule has 1 fully saturated rings. The van der Waals surface area contributed by atoms with E-state index in [-0.39, 0.29) is 16.2 Å². The number of aliphatic carboxylic acids is 1. The molecule has 2 aliphatic rings. The summed E-state index contributed by atoms with van der Waals surface area (Å²) in [6.07, 6.45) is 0. The van der Waals surface area contributed by atoms with Crippen molar-refractivity contribution >= 4 is 46.8 Å². The van der Waals surface area contributed by atoms with E-state index in [1.165, 1.54) is 6.07 Å². The Labute approximate surface area is 188 Å². The monoisotopic (exact) mass is 468 g/mol. The molecule has 10 heteroatoms. The predicted octanol–water partition coefficient (Wildman–Crippen LogP) is 3.38. The highest BCUT2D eigenvalue weighted by Crippen LogP contribution is 2.40. The van der Waals surface area contributed by atoms with E-state index in [2.05, 4.69) is 10.2 Å². The van der Waals surface area contributed by atoms with Crippen LogP contribution in [-0.2, 0) is 11.3 Å². The molecule has 2 aliphatic heterocycles. The summed E-state index contributed by atoms with van der Waals surface area (Å²) in [4.78, 5) is 27.4. The molecule has 0 radical (unpaired) electrons. The Kier molecular flexibility index (Phi) is 6.20. The third kappa shape index (κ3) is 3.89. The van der Waals surface area contributed by atoms with Crippen LogP contribution in [0, 0.1) is 0 Å². The Hall–Kier alpha value is -1.87. The molecule has 160 valence electrons. The molecule has 2 aromatic rings. The number of anilines is 1. The van der Waals surface area contributed by atoms with Gasteiger partial charge in [-0.2, -0.15) is 11.8 Å². The smallest absolute Gasteiger partial charge is 0.335 e. The molecule has 1 saturated heterocycles. The Balaban J connectivity index is 1.81. The Morgan fingerprint density at radius 2 is 2.00 bits per heavy atom. The fourth-order valence-electron chi connectivity index (χ4n) is 4.03. The van der Waals surface area contributed by atoms with Gasteiger partial charge in [0.05, 0.1) is 22.2 Å². The number of benzene rings is 1. The summed E-state index contributed by atoms with van der Waals surface area (Å²) in [6.45, 7) is 4.81. The topological polar surface area (TPSA) is 79.5 Å². The van der Waals surface area contributed by atoms with Crippen molar-refractivity contribution in [3.63, 3.8) is 0 Å². The lowest BCUT2D eigenvalue weighted by atomic mass is 9.95. The second-order valence-electron chi connectivity index (χ2n) is 7.30. The number of rotatable bonds is 5. The highest BCUT2D eigenvalue weighted by atomic mass is 35.5. The molecule has 4 rings (SSSR count). The third-order valence-corrected chi connectivity index (χ3v) is 7.27. The van der Waals surface area contributed by atoms with Crippen LogP contribution < -0.4 is 10.9 Å². The molecule has 0 bridgehead atoms. The molecule has 3 heterocycles. The lowest BCUT2D eigenvalue weighted by Gasteiger charge is -2.32. The summed E-state index contributed by atoms with van der Waals surface area (Å²) in [7, 11) is 0. The standard InChI is InChI=1S/C20H22Cl2N4O3S/c1-12-17(20(28)29)19(13-3-2-4-14(21)18(13)22)26-15(23-12)11-16(27)25(26)6-5-24-7-9-30-10-8-24/h2-4,11,19,23H,5-10H2,1H3,(H,28,29). The first-order valence-corrected chi connectivity index (χ1v) is 11.6. The minimum Gasteiger partial charge on any atom is -0.478 e. The van der Waals surface area contributed by atoms with Crippen LogP contribution in [0.2, 0.25) is 10.0 Å². The van der Waals surface area contributed by atoms with E-state index in [0.29, 0.717) is 35.2 Å². The Morgan fingerprint density at radius 1 is 1.27 bits per heavy atom. The summed E-state index contributed by atoms with van der Waals surface area (Å²) in [5, 5.41) is 13.7. The Morgan fingerprint density at radius 3 is 2.70 bits per heavy atom. The van der Waals surface area contributed by atoms with E-state index in [9.17, 15) is 14.7 Å². The lowest BCUT2D eigenvalue weighted by Crippen LogP contribution is -2.39. The van der Waals surface area contributed by atoms with E-state index in [4.69, 9.17) is 23.2 Å². The van der Waals surface area contributed by atoms with Crippen LogP contribution in [0.4, 0.5) is 5.82 Å². The maximum atomic E-state index is 12.8. The number of halogens is 2. The highest BCUT2D eigenvalue weighted by molar-refractivity contribution is 7.99. The zero-order chi connectivity index (χ0) is 21.4. The molecule has 30 heavy (non-hydrogen) atoms. The van der Waals surface area contributed by atoms with E-state index in [0.717, 1.165) is 24.6 Å². The van der Waals surface area contributed by atoms with Crippen molar-refractivity contribution in [1.29, 1.82) is 0 Å². The Bertz CT molecular complexity index is 1070. The van der Waals surface area contributed by atoms with Gasteiger partial charge in [0.2, 0.25) is 0 Å². The number of carbonyl (C=O) groups is 1. The second kappa shape index (κ2) is 8.70. The van der Waals surface area contributed by atoms with E-state index >= 15 is 0 Å². The number of fused-ring (bicyclic) bond motifs is 1. The van der Waals surface area contributed by atoms with Crippen LogP contribution in [0.25, 0.3) is 0 Å². The van der Waals surface area contributed by atoms with Gasteiger partial charge >= 0.3 is 5.97 Å². The largest absolute Gasteiger partial charge is 0.478 e. The van der Waals surface area contributed by atoms with Crippen LogP contribution in [0.15, 0.2) is 40.3 Å². The number of aromatic nitrogens is 2. The van der Waals surface area contributed by atoms with Gasteiger partial charge in [-0.15, -0.1) is 0 Å². The first-order chi connectivity index (χ1) is 14.4. The minimum atomic E-state index is -1.08. The molecule has 0 saturated carbocycles. The fourth-order valence-corrected chi connectivity index (χ4v) is 5.42. The molecule has 1 aromatic carbocycles. The number of carboxylic acids is 1. The second-order valence-corrected chi connectivity index (χ2v) is 9.31. The molecular formula is C20H22Cl2N4O3S. The van der Waals surface area contributed by atoms with Gasteiger partial charge in [-0.25, -0.2) is 9.48 Å². The van der Waals surface area contributed by atoms with Gasteiger partial charge in [0.1, 0.15) is 11.9 Å². The number of hydrogen-bond donors (Lipinski definition) is 2. The molecule has 1 atom stereocenters. The van der Waals surface area contributed by atoms with Crippen molar-refractivity contribution in [2.24, 2.45) is 0 Å². The SMILES string of the molecule is CC1=C(C(=O)O)C(c2cccc(Cl)c2Cl)n2c(cc(=O)n2CCN2CCSCC2)N1. The van der Waals surface area contributed by atoms with Crippen molar-refractivity contribution in [2.75, 3.05) is 36.5 Å². The van der Waals surface area contributed by atoms with Gasteiger partial charge in [-0.05, 0) is 13.0 Å². The van der Waals surface area contributed by atoms with Crippen molar-refractivity contribution in [3.05, 3.63) is 61.5 Å². The van der Waals surface area contributed by atoms with Crippen LogP contribution >= 0.6 is 35.0 Å². The van der Waals surface area contributed by atoms with Gasteiger partial charge in [-0.3, -0.25) is 14.4 Å². The molecule has 1 unspecified atom stereocenters. The summed E-state index contributed by atoms with van der Waals surface area (Å²) < 4.78 is 3.30. The lowest BCUT2D eigenvalue weighted by molar-refractivity contribution is -0.133. The molecular weight excluding hydrogens is 447 g/mol. The quantitative estimate of drug-likeness (QED) is 0.699. The molecule has 0 aliphatic carbocycles.